The fourth-order valence-corrected chi connectivity index (χ4v) is 3.69. The lowest BCUT2D eigenvalue weighted by Crippen LogP contribution is -2.52. The third kappa shape index (κ3) is 3.19. The topological polar surface area (TPSA) is 70.5 Å². The molecule has 0 aliphatic carbocycles. The van der Waals surface area contributed by atoms with Crippen LogP contribution in [-0.4, -0.2) is 64.5 Å². The maximum atomic E-state index is 12.9. The van der Waals surface area contributed by atoms with E-state index in [1.807, 2.05) is 55.5 Å². The van der Waals surface area contributed by atoms with E-state index in [0.29, 0.717) is 31.7 Å². The van der Waals surface area contributed by atoms with Crippen molar-refractivity contribution >= 4 is 23.0 Å². The Hall–Kier alpha value is -3.35. The number of aryl methyl sites for hydroxylation is 1. The largest absolute Gasteiger partial charge is 0.341 e. The fourth-order valence-electron chi connectivity index (χ4n) is 3.69. The van der Waals surface area contributed by atoms with Crippen LogP contribution in [0.2, 0.25) is 0 Å². The molecule has 1 N–H and O–H groups in total. The van der Waals surface area contributed by atoms with Gasteiger partial charge in [0, 0.05) is 44.5 Å². The molecule has 1 aliphatic rings. The van der Waals surface area contributed by atoms with Crippen molar-refractivity contribution in [2.75, 3.05) is 33.2 Å². The molecule has 0 spiro atoms. The fraction of sp³-hybridized carbons (Fsp3) is 0.286. The lowest BCUT2D eigenvalue weighted by molar-refractivity contribution is 0.0666. The highest BCUT2D eigenvalue weighted by Crippen LogP contribution is 2.23. The second kappa shape index (κ2) is 7.34. The van der Waals surface area contributed by atoms with Crippen LogP contribution in [0.3, 0.4) is 0 Å². The van der Waals surface area contributed by atoms with Gasteiger partial charge in [0.1, 0.15) is 5.82 Å². The summed E-state index contributed by atoms with van der Waals surface area (Å²) in [6.45, 7) is 4.10. The standard InChI is InChI=1S/C21H23N5O2/c1-15-23-18-14-16(8-9-19(18)26(15)17-6-4-3-5-7-17)20(27)24-10-12-25(13-11-24)21(28)22-2/h3-9,14H,10-13H2,1-2H3,(H,22,28). The van der Waals surface area contributed by atoms with Crippen molar-refractivity contribution in [3.63, 3.8) is 0 Å². The number of piperazine rings is 1. The van der Waals surface area contributed by atoms with Gasteiger partial charge in [0.15, 0.2) is 0 Å². The predicted octanol–water partition coefficient (Wildman–Crippen LogP) is 2.43. The molecule has 0 saturated carbocycles. The second-order valence-corrected chi connectivity index (χ2v) is 6.87. The molecule has 0 atom stereocenters. The first-order valence-electron chi connectivity index (χ1n) is 9.39. The van der Waals surface area contributed by atoms with E-state index in [1.54, 1.807) is 16.8 Å². The van der Waals surface area contributed by atoms with Crippen molar-refractivity contribution in [1.82, 2.24) is 24.7 Å². The van der Waals surface area contributed by atoms with E-state index in [2.05, 4.69) is 14.9 Å². The molecule has 7 nitrogen and oxygen atoms in total. The second-order valence-electron chi connectivity index (χ2n) is 6.87. The molecule has 0 unspecified atom stereocenters. The van der Waals surface area contributed by atoms with Crippen LogP contribution < -0.4 is 5.32 Å². The van der Waals surface area contributed by atoms with Crippen molar-refractivity contribution in [1.29, 1.82) is 0 Å². The Balaban J connectivity index is 1.57. The smallest absolute Gasteiger partial charge is 0.317 e. The zero-order valence-electron chi connectivity index (χ0n) is 16.1. The third-order valence-corrected chi connectivity index (χ3v) is 5.15. The van der Waals surface area contributed by atoms with Gasteiger partial charge >= 0.3 is 6.03 Å². The number of hydrogen-bond acceptors (Lipinski definition) is 3. The maximum absolute atomic E-state index is 12.9. The molecule has 3 aromatic rings. The summed E-state index contributed by atoms with van der Waals surface area (Å²) >= 11 is 0. The zero-order valence-corrected chi connectivity index (χ0v) is 16.1. The highest BCUT2D eigenvalue weighted by atomic mass is 16.2. The molecule has 1 fully saturated rings. The van der Waals surface area contributed by atoms with Crippen molar-refractivity contribution < 1.29 is 9.59 Å². The summed E-state index contributed by atoms with van der Waals surface area (Å²) in [6, 6.07) is 15.6. The van der Waals surface area contributed by atoms with Gasteiger partial charge in [-0.3, -0.25) is 9.36 Å². The molecule has 2 heterocycles. The van der Waals surface area contributed by atoms with E-state index >= 15 is 0 Å². The lowest BCUT2D eigenvalue weighted by atomic mass is 10.1. The van der Waals surface area contributed by atoms with E-state index in [9.17, 15) is 9.59 Å². The molecule has 1 aromatic heterocycles. The number of para-hydroxylation sites is 1. The molecule has 3 amide bonds. The van der Waals surface area contributed by atoms with Gasteiger partial charge in [0.25, 0.3) is 5.91 Å². The average molecular weight is 377 g/mol. The SMILES string of the molecule is CNC(=O)N1CCN(C(=O)c2ccc3c(c2)nc(C)n3-c2ccccc2)CC1. The van der Waals surface area contributed by atoms with Crippen LogP contribution in [0.4, 0.5) is 4.79 Å². The minimum Gasteiger partial charge on any atom is -0.341 e. The van der Waals surface area contributed by atoms with Crippen LogP contribution in [0.5, 0.6) is 0 Å². The van der Waals surface area contributed by atoms with Crippen LogP contribution in [0, 0.1) is 6.92 Å². The summed E-state index contributed by atoms with van der Waals surface area (Å²) < 4.78 is 2.09. The third-order valence-electron chi connectivity index (χ3n) is 5.15. The van der Waals surface area contributed by atoms with Crippen LogP contribution in [-0.2, 0) is 0 Å². The minimum absolute atomic E-state index is 0.0228. The maximum Gasteiger partial charge on any atom is 0.317 e. The number of carbonyl (C=O) groups excluding carboxylic acids is 2. The summed E-state index contributed by atoms with van der Waals surface area (Å²) in [5, 5.41) is 2.62. The first-order valence-corrected chi connectivity index (χ1v) is 9.39. The van der Waals surface area contributed by atoms with Gasteiger partial charge in [-0.15, -0.1) is 0 Å². The summed E-state index contributed by atoms with van der Waals surface area (Å²) in [5.41, 5.74) is 3.45. The van der Waals surface area contributed by atoms with Crippen molar-refractivity contribution in [2.24, 2.45) is 0 Å². The van der Waals surface area contributed by atoms with Gasteiger partial charge in [-0.25, -0.2) is 9.78 Å². The Morgan fingerprint density at radius 1 is 0.964 bits per heavy atom. The number of benzene rings is 2. The van der Waals surface area contributed by atoms with Crippen molar-refractivity contribution in [2.45, 2.75) is 6.92 Å². The van der Waals surface area contributed by atoms with Gasteiger partial charge in [0.05, 0.1) is 11.0 Å². The molecule has 0 radical (unpaired) electrons. The van der Waals surface area contributed by atoms with Gasteiger partial charge in [0.2, 0.25) is 0 Å². The summed E-state index contributed by atoms with van der Waals surface area (Å²) in [6.07, 6.45) is 0. The molecule has 2 aromatic carbocycles. The van der Waals surface area contributed by atoms with E-state index in [1.165, 1.54) is 0 Å². The normalized spacial score (nSPS) is 14.4. The average Bonchev–Trinajstić information content (AvgIpc) is 3.08. The number of fused-ring (bicyclic) bond motifs is 1. The Morgan fingerprint density at radius 3 is 2.32 bits per heavy atom. The first kappa shape index (κ1) is 18.0. The van der Waals surface area contributed by atoms with Crippen molar-refractivity contribution in [3.8, 4) is 5.69 Å². The Bertz CT molecular complexity index is 1020. The summed E-state index contributed by atoms with van der Waals surface area (Å²) in [7, 11) is 1.62. The Morgan fingerprint density at radius 2 is 1.64 bits per heavy atom. The molecule has 7 heteroatoms. The van der Waals surface area contributed by atoms with E-state index < -0.39 is 0 Å². The lowest BCUT2D eigenvalue weighted by Gasteiger charge is -2.34. The molecular weight excluding hydrogens is 354 g/mol. The molecule has 1 saturated heterocycles. The summed E-state index contributed by atoms with van der Waals surface area (Å²) in [4.78, 5) is 32.8. The van der Waals surface area contributed by atoms with Crippen LogP contribution in [0.25, 0.3) is 16.7 Å². The quantitative estimate of drug-likeness (QED) is 0.746. The number of hydrogen-bond donors (Lipinski definition) is 1. The number of aromatic nitrogens is 2. The molecule has 28 heavy (non-hydrogen) atoms. The van der Waals surface area contributed by atoms with E-state index in [4.69, 9.17) is 0 Å². The zero-order chi connectivity index (χ0) is 19.7. The van der Waals surface area contributed by atoms with Gasteiger partial charge in [-0.1, -0.05) is 18.2 Å². The number of rotatable bonds is 2. The first-order chi connectivity index (χ1) is 13.6. The number of imidazole rings is 1. The number of nitrogens with one attached hydrogen (secondary N) is 1. The molecule has 4 rings (SSSR count). The van der Waals surface area contributed by atoms with Crippen LogP contribution in [0.1, 0.15) is 16.2 Å². The monoisotopic (exact) mass is 377 g/mol. The molecule has 1 aliphatic heterocycles. The highest BCUT2D eigenvalue weighted by Gasteiger charge is 2.24. The minimum atomic E-state index is -0.101. The molecule has 0 bridgehead atoms. The number of nitrogens with zero attached hydrogens (tertiary/aromatic N) is 4. The van der Waals surface area contributed by atoms with Gasteiger partial charge < -0.3 is 15.1 Å². The van der Waals surface area contributed by atoms with Crippen molar-refractivity contribution in [3.05, 3.63) is 59.9 Å². The highest BCUT2D eigenvalue weighted by molar-refractivity contribution is 5.97. The molecule has 144 valence electrons. The molecular formula is C21H23N5O2. The number of urea groups is 1. The van der Waals surface area contributed by atoms with Crippen LogP contribution in [0.15, 0.2) is 48.5 Å². The Labute approximate surface area is 163 Å². The van der Waals surface area contributed by atoms with Gasteiger partial charge in [-0.05, 0) is 37.3 Å². The summed E-state index contributed by atoms with van der Waals surface area (Å²) in [5.74, 6) is 0.857. The van der Waals surface area contributed by atoms with E-state index in [0.717, 1.165) is 22.5 Å². The number of amides is 3. The van der Waals surface area contributed by atoms with Crippen LogP contribution >= 0.6 is 0 Å². The van der Waals surface area contributed by atoms with Gasteiger partial charge in [-0.2, -0.15) is 0 Å². The predicted molar refractivity (Wildman–Crippen MR) is 108 cm³/mol. The van der Waals surface area contributed by atoms with E-state index in [-0.39, 0.29) is 11.9 Å². The Kier molecular flexibility index (Phi) is 4.73. The number of carbonyl (C=O) groups is 2.